The molecule has 0 heterocycles. The van der Waals surface area contributed by atoms with Gasteiger partial charge in [-0.15, -0.1) is 0 Å². The van der Waals surface area contributed by atoms with Gasteiger partial charge in [0.1, 0.15) is 0 Å². The molecule has 3 atom stereocenters. The van der Waals surface area contributed by atoms with Gasteiger partial charge >= 0.3 is 29.6 Å². The summed E-state index contributed by atoms with van der Waals surface area (Å²) in [5.74, 6) is -0.770. The summed E-state index contributed by atoms with van der Waals surface area (Å²) in [4.78, 5) is 10.5. The van der Waals surface area contributed by atoms with Crippen LogP contribution in [0.1, 0.15) is 77.6 Å². The number of hydrogen-bond acceptors (Lipinski definition) is 4. The average Bonchev–Trinajstić information content (AvgIpc) is 2.45. The Morgan fingerprint density at radius 3 is 2.78 bits per heavy atom. The summed E-state index contributed by atoms with van der Waals surface area (Å²) in [6.45, 7) is 2.14. The van der Waals surface area contributed by atoms with Gasteiger partial charge in [0, 0.05) is 5.97 Å². The van der Waals surface area contributed by atoms with E-state index in [1.807, 2.05) is 12.2 Å². The van der Waals surface area contributed by atoms with Gasteiger partial charge in [-0.05, 0) is 50.9 Å². The zero-order chi connectivity index (χ0) is 16.4. The molecule has 0 amide bonds. The van der Waals surface area contributed by atoms with Crippen molar-refractivity contribution < 1.29 is 49.7 Å². The first kappa shape index (κ1) is 23.1. The molecule has 0 bridgehead atoms. The van der Waals surface area contributed by atoms with Gasteiger partial charge in [0.2, 0.25) is 0 Å². The molecule has 0 aromatic heterocycles. The fourth-order valence-electron chi connectivity index (χ4n) is 3.32. The van der Waals surface area contributed by atoms with Crippen molar-refractivity contribution in [2.24, 2.45) is 5.92 Å². The van der Waals surface area contributed by atoms with E-state index in [2.05, 4.69) is 6.92 Å². The van der Waals surface area contributed by atoms with Crippen LogP contribution < -0.4 is 34.7 Å². The SMILES string of the molecule is CCCCCC(O)/C=C/[C@H]1CCC[C@@](O)(CCCC(=O)[O-])C1.[Na+]. The molecule has 0 saturated heterocycles. The van der Waals surface area contributed by atoms with Crippen LogP contribution in [-0.2, 0) is 4.79 Å². The molecule has 0 aliphatic heterocycles. The Kier molecular flexibility index (Phi) is 12.6. The number of unbranched alkanes of at least 4 members (excludes halogenated alkanes) is 2. The number of hydrogen-bond donors (Lipinski definition) is 2. The van der Waals surface area contributed by atoms with Crippen molar-refractivity contribution in [3.05, 3.63) is 12.2 Å². The molecule has 23 heavy (non-hydrogen) atoms. The van der Waals surface area contributed by atoms with Gasteiger partial charge in [-0.2, -0.15) is 0 Å². The van der Waals surface area contributed by atoms with E-state index in [0.717, 1.165) is 44.9 Å². The van der Waals surface area contributed by atoms with E-state index >= 15 is 0 Å². The number of aliphatic carboxylic acids is 1. The van der Waals surface area contributed by atoms with Crippen molar-refractivity contribution in [2.75, 3.05) is 0 Å². The first-order valence-electron chi connectivity index (χ1n) is 8.74. The first-order valence-corrected chi connectivity index (χ1v) is 8.74. The van der Waals surface area contributed by atoms with E-state index in [1.54, 1.807) is 0 Å². The number of carbonyl (C=O) groups is 1. The summed E-state index contributed by atoms with van der Waals surface area (Å²) in [6.07, 6.45) is 12.0. The summed E-state index contributed by atoms with van der Waals surface area (Å²) in [5, 5.41) is 31.0. The number of carboxylic acid groups (broad SMARTS) is 1. The molecular formula is C18H31NaO4. The first-order chi connectivity index (χ1) is 10.4. The number of rotatable bonds is 10. The normalized spacial score (nSPS) is 26.0. The quantitative estimate of drug-likeness (QED) is 0.315. The van der Waals surface area contributed by atoms with E-state index in [-0.39, 0.29) is 48.0 Å². The minimum Gasteiger partial charge on any atom is -0.550 e. The Hall–Kier alpha value is 0.130. The molecule has 0 aromatic carbocycles. The number of aliphatic hydroxyl groups excluding tert-OH is 1. The van der Waals surface area contributed by atoms with Crippen molar-refractivity contribution in [1.82, 2.24) is 0 Å². The summed E-state index contributed by atoms with van der Waals surface area (Å²) in [6, 6.07) is 0. The van der Waals surface area contributed by atoms with Crippen LogP contribution in [0.2, 0.25) is 0 Å². The van der Waals surface area contributed by atoms with E-state index in [0.29, 0.717) is 19.3 Å². The molecule has 1 saturated carbocycles. The predicted octanol–water partition coefficient (Wildman–Crippen LogP) is -0.671. The van der Waals surface area contributed by atoms with Crippen LogP contribution in [0, 0.1) is 5.92 Å². The Balaban J connectivity index is 0.00000484. The van der Waals surface area contributed by atoms with Gasteiger partial charge in [0.05, 0.1) is 11.7 Å². The van der Waals surface area contributed by atoms with Crippen LogP contribution in [0.3, 0.4) is 0 Å². The summed E-state index contributed by atoms with van der Waals surface area (Å²) in [7, 11) is 0. The maximum Gasteiger partial charge on any atom is 1.00 e. The van der Waals surface area contributed by atoms with Gasteiger partial charge < -0.3 is 20.1 Å². The van der Waals surface area contributed by atoms with Crippen molar-refractivity contribution in [3.8, 4) is 0 Å². The number of carbonyl (C=O) groups excluding carboxylic acids is 1. The van der Waals surface area contributed by atoms with Crippen LogP contribution in [-0.4, -0.2) is 27.9 Å². The summed E-state index contributed by atoms with van der Waals surface area (Å²) in [5.41, 5.74) is -0.754. The van der Waals surface area contributed by atoms with Crippen LogP contribution in [0.25, 0.3) is 0 Å². The maximum absolute atomic E-state index is 10.6. The second-order valence-corrected chi connectivity index (χ2v) is 6.75. The maximum atomic E-state index is 10.6. The van der Waals surface area contributed by atoms with Crippen LogP contribution in [0.5, 0.6) is 0 Å². The van der Waals surface area contributed by atoms with E-state index in [1.165, 1.54) is 0 Å². The van der Waals surface area contributed by atoms with Gasteiger partial charge in [-0.1, -0.05) is 44.8 Å². The van der Waals surface area contributed by atoms with Crippen molar-refractivity contribution >= 4 is 5.97 Å². The van der Waals surface area contributed by atoms with Gasteiger partial charge in [0.15, 0.2) is 0 Å². The molecule has 5 heteroatoms. The number of carboxylic acids is 1. The molecule has 1 fully saturated rings. The number of allylic oxidation sites excluding steroid dienone is 1. The molecule has 0 radical (unpaired) electrons. The van der Waals surface area contributed by atoms with Gasteiger partial charge in [-0.25, -0.2) is 0 Å². The Morgan fingerprint density at radius 1 is 1.39 bits per heavy atom. The third-order valence-electron chi connectivity index (χ3n) is 4.59. The predicted molar refractivity (Wildman–Crippen MR) is 85.1 cm³/mol. The molecule has 0 aromatic rings. The van der Waals surface area contributed by atoms with Crippen molar-refractivity contribution in [2.45, 2.75) is 89.3 Å². The molecular weight excluding hydrogens is 303 g/mol. The zero-order valence-corrected chi connectivity index (χ0v) is 16.8. The van der Waals surface area contributed by atoms with E-state index in [9.17, 15) is 20.1 Å². The summed E-state index contributed by atoms with van der Waals surface area (Å²) < 4.78 is 0. The third kappa shape index (κ3) is 10.6. The molecule has 4 nitrogen and oxygen atoms in total. The summed E-state index contributed by atoms with van der Waals surface area (Å²) >= 11 is 0. The molecule has 1 aliphatic rings. The minimum atomic E-state index is -1.05. The number of aliphatic hydroxyl groups is 2. The second kappa shape index (κ2) is 12.5. The Bertz CT molecular complexity index is 359. The second-order valence-electron chi connectivity index (χ2n) is 6.75. The Labute approximate surface area is 162 Å². The molecule has 1 aliphatic carbocycles. The molecule has 128 valence electrons. The smallest absolute Gasteiger partial charge is 0.550 e. The molecule has 1 rings (SSSR count). The standard InChI is InChI=1S/C18H32O4.Na/c1-2-3-4-8-16(19)11-10-15-7-5-12-18(22,14-15)13-6-9-17(20)21;/h10-11,15-16,19,22H,2-9,12-14H2,1H3,(H,20,21);/q;+1/p-1/b11-10+;/t15-,16?,18-;/m1./s1. The fourth-order valence-corrected chi connectivity index (χ4v) is 3.32. The molecule has 2 N–H and O–H groups in total. The zero-order valence-electron chi connectivity index (χ0n) is 14.8. The fraction of sp³-hybridized carbons (Fsp3) is 0.833. The van der Waals surface area contributed by atoms with Gasteiger partial charge in [-0.3, -0.25) is 0 Å². The van der Waals surface area contributed by atoms with Crippen molar-refractivity contribution in [3.63, 3.8) is 0 Å². The third-order valence-corrected chi connectivity index (χ3v) is 4.59. The van der Waals surface area contributed by atoms with Crippen LogP contribution >= 0.6 is 0 Å². The van der Waals surface area contributed by atoms with Crippen LogP contribution in [0.4, 0.5) is 0 Å². The monoisotopic (exact) mass is 334 g/mol. The van der Waals surface area contributed by atoms with Gasteiger partial charge in [0.25, 0.3) is 0 Å². The van der Waals surface area contributed by atoms with E-state index in [4.69, 9.17) is 0 Å². The average molecular weight is 334 g/mol. The molecule has 1 unspecified atom stereocenters. The van der Waals surface area contributed by atoms with E-state index < -0.39 is 11.6 Å². The largest absolute Gasteiger partial charge is 1.00 e. The molecule has 0 spiro atoms. The minimum absolute atomic E-state index is 0. The van der Waals surface area contributed by atoms with Crippen molar-refractivity contribution in [1.29, 1.82) is 0 Å². The van der Waals surface area contributed by atoms with Crippen LogP contribution in [0.15, 0.2) is 12.2 Å². The Morgan fingerprint density at radius 2 is 2.13 bits per heavy atom. The topological polar surface area (TPSA) is 80.6 Å².